The number of hydrogen-bond donors (Lipinski definition) is 0. The van der Waals surface area contributed by atoms with Crippen LogP contribution in [0.2, 0.25) is 0 Å². The Bertz CT molecular complexity index is 2010. The Hall–Kier alpha value is -7.34. The molecular formula is C48H48N2O10. The predicted octanol–water partition coefficient (Wildman–Crippen LogP) is 8.93. The number of carbonyl (C=O) groups is 4. The van der Waals surface area contributed by atoms with E-state index in [1.165, 1.54) is 12.2 Å². The molecule has 0 bridgehead atoms. The number of nitrogens with zero attached hydrogens (tertiary/aromatic N) is 2. The second-order valence-electron chi connectivity index (χ2n) is 12.9. The standard InChI is InChI=1S/C48H48N2O10/c1-5-45(51)57-33-9-7-31-55-41-21-11-37(12-22-41)15-29-47(53)59-43-25-17-39(18-26-43)35(3)49-50-36(4)40-19-27-44(28-20-40)60-48(54)30-16-38-13-23-42(24-14-38)56-32-8-10-34-58-46(52)6-2/h5-6,11-30H,1-2,7-10,31-34H2,3-4H3/b29-15+,30-16+,49-35+,50-36+. The summed E-state index contributed by atoms with van der Waals surface area (Å²) in [5.41, 5.74) is 4.54. The lowest BCUT2D eigenvalue weighted by Gasteiger charge is -2.07. The molecule has 0 aliphatic carbocycles. The maximum atomic E-state index is 12.4. The van der Waals surface area contributed by atoms with Crippen LogP contribution >= 0.6 is 0 Å². The fourth-order valence-electron chi connectivity index (χ4n) is 5.02. The molecule has 4 rings (SSSR count). The zero-order valence-electron chi connectivity index (χ0n) is 33.7. The summed E-state index contributed by atoms with van der Waals surface area (Å²) >= 11 is 0. The summed E-state index contributed by atoms with van der Waals surface area (Å²) in [6.45, 7) is 12.0. The molecule has 0 aromatic heterocycles. The molecule has 0 saturated carbocycles. The second-order valence-corrected chi connectivity index (χ2v) is 12.9. The fourth-order valence-corrected chi connectivity index (χ4v) is 5.02. The Morgan fingerprint density at radius 1 is 0.467 bits per heavy atom. The van der Waals surface area contributed by atoms with Crippen LogP contribution in [0.4, 0.5) is 0 Å². The third-order valence-electron chi connectivity index (χ3n) is 8.35. The van der Waals surface area contributed by atoms with Crippen molar-refractivity contribution < 1.29 is 47.6 Å². The van der Waals surface area contributed by atoms with Crippen molar-refractivity contribution in [1.29, 1.82) is 0 Å². The smallest absolute Gasteiger partial charge is 0.336 e. The van der Waals surface area contributed by atoms with Crippen molar-refractivity contribution in [3.63, 3.8) is 0 Å². The van der Waals surface area contributed by atoms with Crippen molar-refractivity contribution in [3.8, 4) is 23.0 Å². The highest BCUT2D eigenvalue weighted by Gasteiger charge is 2.06. The van der Waals surface area contributed by atoms with Crippen LogP contribution in [0.3, 0.4) is 0 Å². The first kappa shape index (κ1) is 45.4. The lowest BCUT2D eigenvalue weighted by molar-refractivity contribution is -0.138. The predicted molar refractivity (Wildman–Crippen MR) is 231 cm³/mol. The van der Waals surface area contributed by atoms with Crippen molar-refractivity contribution in [3.05, 3.63) is 157 Å². The van der Waals surface area contributed by atoms with Crippen LogP contribution < -0.4 is 18.9 Å². The van der Waals surface area contributed by atoms with Gasteiger partial charge < -0.3 is 28.4 Å². The molecule has 0 aliphatic heterocycles. The van der Waals surface area contributed by atoms with E-state index in [0.717, 1.165) is 47.2 Å². The number of carbonyl (C=O) groups excluding carboxylic acids is 4. The molecule has 60 heavy (non-hydrogen) atoms. The quantitative estimate of drug-likeness (QED) is 0.0178. The van der Waals surface area contributed by atoms with Gasteiger partial charge >= 0.3 is 23.9 Å². The van der Waals surface area contributed by atoms with E-state index in [0.29, 0.717) is 73.7 Å². The molecule has 0 saturated heterocycles. The van der Waals surface area contributed by atoms with Gasteiger partial charge in [0.25, 0.3) is 0 Å². The molecule has 4 aromatic rings. The van der Waals surface area contributed by atoms with Crippen LogP contribution in [0.1, 0.15) is 61.8 Å². The number of unbranched alkanes of at least 4 members (excludes halogenated alkanes) is 2. The number of esters is 4. The fraction of sp³-hybridized carbons (Fsp3) is 0.208. The maximum Gasteiger partial charge on any atom is 0.336 e. The summed E-state index contributed by atoms with van der Waals surface area (Å²) < 4.78 is 32.2. The molecule has 12 nitrogen and oxygen atoms in total. The Morgan fingerprint density at radius 2 is 0.800 bits per heavy atom. The van der Waals surface area contributed by atoms with Crippen LogP contribution in [-0.2, 0) is 28.7 Å². The second kappa shape index (κ2) is 25.1. The molecule has 0 aliphatic rings. The Morgan fingerprint density at radius 3 is 1.15 bits per heavy atom. The molecule has 0 amide bonds. The van der Waals surface area contributed by atoms with Crippen molar-refractivity contribution >= 4 is 47.5 Å². The van der Waals surface area contributed by atoms with E-state index < -0.39 is 23.9 Å². The first-order chi connectivity index (χ1) is 29.1. The minimum Gasteiger partial charge on any atom is -0.494 e. The van der Waals surface area contributed by atoms with E-state index in [9.17, 15) is 19.2 Å². The third-order valence-corrected chi connectivity index (χ3v) is 8.35. The van der Waals surface area contributed by atoms with Crippen LogP contribution in [-0.4, -0.2) is 61.7 Å². The van der Waals surface area contributed by atoms with Gasteiger partial charge in [0.1, 0.15) is 23.0 Å². The van der Waals surface area contributed by atoms with Gasteiger partial charge in [0.15, 0.2) is 0 Å². The van der Waals surface area contributed by atoms with Gasteiger partial charge in [-0.05, 0) is 147 Å². The zero-order valence-corrected chi connectivity index (χ0v) is 33.7. The molecule has 0 heterocycles. The average Bonchev–Trinajstić information content (AvgIpc) is 3.27. The number of rotatable bonds is 23. The molecule has 310 valence electrons. The number of ether oxygens (including phenoxy) is 6. The third kappa shape index (κ3) is 17.0. The Balaban J connectivity index is 1.17. The van der Waals surface area contributed by atoms with Crippen LogP contribution in [0.5, 0.6) is 23.0 Å². The maximum absolute atomic E-state index is 12.4. The minimum absolute atomic E-state index is 0.323. The van der Waals surface area contributed by atoms with E-state index in [1.54, 1.807) is 60.7 Å². The molecule has 0 radical (unpaired) electrons. The largest absolute Gasteiger partial charge is 0.494 e. The number of hydrogen-bond acceptors (Lipinski definition) is 12. The summed E-state index contributed by atoms with van der Waals surface area (Å²) in [6, 6.07) is 28.5. The van der Waals surface area contributed by atoms with Crippen LogP contribution in [0.15, 0.2) is 145 Å². The SMILES string of the molecule is C=CC(=O)OCCCCOc1ccc(/C=C/C(=O)Oc2ccc(/C(C)=N/N=C(\C)c3ccc(OC(=O)/C=C/c4ccc(OCCCCOC(=O)C=C)cc4)cc3)cc2)cc1. The van der Waals surface area contributed by atoms with Crippen molar-refractivity contribution in [2.24, 2.45) is 10.2 Å². The molecule has 0 unspecified atom stereocenters. The lowest BCUT2D eigenvalue weighted by Crippen LogP contribution is -2.04. The highest BCUT2D eigenvalue weighted by atomic mass is 16.5. The van der Waals surface area contributed by atoms with Gasteiger partial charge in [-0.15, -0.1) is 0 Å². The van der Waals surface area contributed by atoms with Gasteiger partial charge in [0.2, 0.25) is 0 Å². The van der Waals surface area contributed by atoms with Crippen LogP contribution in [0, 0.1) is 0 Å². The van der Waals surface area contributed by atoms with E-state index in [4.69, 9.17) is 28.4 Å². The Kier molecular flexibility index (Phi) is 19.0. The molecule has 0 N–H and O–H groups in total. The summed E-state index contributed by atoms with van der Waals surface area (Å²) in [4.78, 5) is 47.0. The molecule has 0 spiro atoms. The van der Waals surface area contributed by atoms with Gasteiger partial charge in [-0.2, -0.15) is 10.2 Å². The topological polar surface area (TPSA) is 148 Å². The van der Waals surface area contributed by atoms with Crippen molar-refractivity contribution in [2.45, 2.75) is 39.5 Å². The van der Waals surface area contributed by atoms with Gasteiger partial charge in [-0.3, -0.25) is 0 Å². The van der Waals surface area contributed by atoms with E-state index >= 15 is 0 Å². The normalized spacial score (nSPS) is 11.5. The zero-order chi connectivity index (χ0) is 43.0. The van der Waals surface area contributed by atoms with Crippen LogP contribution in [0.25, 0.3) is 12.2 Å². The molecule has 0 fully saturated rings. The highest BCUT2D eigenvalue weighted by Crippen LogP contribution is 2.18. The lowest BCUT2D eigenvalue weighted by atomic mass is 10.1. The van der Waals surface area contributed by atoms with E-state index in [1.807, 2.05) is 62.4 Å². The molecule has 4 aromatic carbocycles. The Labute approximate surface area is 350 Å². The summed E-state index contributed by atoms with van der Waals surface area (Å²) in [5.74, 6) is 0.250. The summed E-state index contributed by atoms with van der Waals surface area (Å²) in [5, 5.41) is 8.74. The molecule has 12 heteroatoms. The monoisotopic (exact) mass is 812 g/mol. The first-order valence-electron chi connectivity index (χ1n) is 19.3. The molecular weight excluding hydrogens is 765 g/mol. The van der Waals surface area contributed by atoms with Crippen molar-refractivity contribution in [2.75, 3.05) is 26.4 Å². The molecule has 0 atom stereocenters. The highest BCUT2D eigenvalue weighted by molar-refractivity contribution is 6.02. The van der Waals surface area contributed by atoms with Gasteiger partial charge in [0, 0.05) is 24.3 Å². The van der Waals surface area contributed by atoms with Gasteiger partial charge in [-0.25, -0.2) is 19.2 Å². The first-order valence-corrected chi connectivity index (χ1v) is 19.3. The van der Waals surface area contributed by atoms with Gasteiger partial charge in [0.05, 0.1) is 37.9 Å². The average molecular weight is 813 g/mol. The van der Waals surface area contributed by atoms with E-state index in [2.05, 4.69) is 23.4 Å². The number of benzene rings is 4. The minimum atomic E-state index is -0.521. The summed E-state index contributed by atoms with van der Waals surface area (Å²) in [6.07, 6.45) is 11.1. The van der Waals surface area contributed by atoms with E-state index in [-0.39, 0.29) is 0 Å². The van der Waals surface area contributed by atoms with Gasteiger partial charge in [-0.1, -0.05) is 37.4 Å². The van der Waals surface area contributed by atoms with Crippen molar-refractivity contribution in [1.82, 2.24) is 0 Å². The summed E-state index contributed by atoms with van der Waals surface area (Å²) in [7, 11) is 0.